The fourth-order valence-corrected chi connectivity index (χ4v) is 3.32. The summed E-state index contributed by atoms with van der Waals surface area (Å²) in [6.07, 6.45) is -9.66. The molecular weight excluding hydrogens is 398 g/mol. The van der Waals surface area contributed by atoms with Crippen molar-refractivity contribution in [3.05, 3.63) is 95.1 Å². The zero-order chi connectivity index (χ0) is 21.4. The molecule has 0 aliphatic heterocycles. The maximum absolute atomic E-state index is 14.6. The van der Waals surface area contributed by atoms with Crippen LogP contribution in [-0.2, 0) is 11.6 Å². The Morgan fingerprint density at radius 1 is 0.448 bits per heavy atom. The van der Waals surface area contributed by atoms with Crippen LogP contribution in [-0.4, -0.2) is 16.4 Å². The third kappa shape index (κ3) is 3.62. The Morgan fingerprint density at radius 2 is 0.724 bits per heavy atom. The minimum atomic E-state index is -4.96. The van der Waals surface area contributed by atoms with E-state index < -0.39 is 28.9 Å². The summed E-state index contributed by atoms with van der Waals surface area (Å²) >= 11 is 0. The van der Waals surface area contributed by atoms with Gasteiger partial charge in [-0.2, -0.15) is 26.3 Å². The predicted octanol–water partition coefficient (Wildman–Crippen LogP) is 6.01. The molecule has 3 aromatic rings. The minimum absolute atomic E-state index is 0.261. The molecular formula is C21H14F6O2. The van der Waals surface area contributed by atoms with E-state index in [-0.39, 0.29) is 22.6 Å². The molecule has 0 unspecified atom stereocenters. The highest BCUT2D eigenvalue weighted by Crippen LogP contribution is 2.51. The number of aromatic hydroxyl groups is 2. The molecule has 0 amide bonds. The quantitative estimate of drug-likeness (QED) is 0.408. The Morgan fingerprint density at radius 3 is 1.00 bits per heavy atom. The number of phenols is 2. The minimum Gasteiger partial charge on any atom is -0.508 e. The molecule has 2 N–H and O–H groups in total. The van der Waals surface area contributed by atoms with E-state index in [1.54, 1.807) is 0 Å². The fourth-order valence-electron chi connectivity index (χ4n) is 3.32. The summed E-state index contributed by atoms with van der Waals surface area (Å²) in [7, 11) is 0. The van der Waals surface area contributed by atoms with Crippen LogP contribution in [0.2, 0.25) is 0 Å². The zero-order valence-corrected chi connectivity index (χ0v) is 14.6. The molecule has 0 fully saturated rings. The van der Waals surface area contributed by atoms with Crippen LogP contribution in [0.15, 0.2) is 72.8 Å². The van der Waals surface area contributed by atoms with E-state index in [0.717, 1.165) is 60.7 Å². The smallest absolute Gasteiger partial charge is 0.416 e. The van der Waals surface area contributed by atoms with Gasteiger partial charge in [0, 0.05) is 0 Å². The van der Waals surface area contributed by atoms with Crippen LogP contribution in [0.1, 0.15) is 22.3 Å². The third-order valence-electron chi connectivity index (χ3n) is 4.67. The summed E-state index contributed by atoms with van der Waals surface area (Å²) in [5, 5.41) is 19.0. The molecule has 0 radical (unpaired) electrons. The molecule has 0 bridgehead atoms. The Kier molecular flexibility index (Phi) is 4.98. The van der Waals surface area contributed by atoms with Crippen molar-refractivity contribution in [1.29, 1.82) is 0 Å². The van der Waals surface area contributed by atoms with Gasteiger partial charge >= 0.3 is 12.4 Å². The van der Waals surface area contributed by atoms with Crippen LogP contribution >= 0.6 is 0 Å². The Labute approximate surface area is 161 Å². The first-order valence-corrected chi connectivity index (χ1v) is 8.30. The van der Waals surface area contributed by atoms with Crippen molar-refractivity contribution in [3.8, 4) is 11.5 Å². The van der Waals surface area contributed by atoms with Gasteiger partial charge in [0.1, 0.15) is 16.9 Å². The highest BCUT2D eigenvalue weighted by Gasteiger charge is 2.58. The second-order valence-electron chi connectivity index (χ2n) is 6.42. The molecule has 8 heteroatoms. The molecule has 0 spiro atoms. The summed E-state index contributed by atoms with van der Waals surface area (Å²) < 4.78 is 82.6. The Hall–Kier alpha value is -3.16. The topological polar surface area (TPSA) is 40.5 Å². The van der Waals surface area contributed by atoms with Gasteiger partial charge < -0.3 is 10.2 Å². The first kappa shape index (κ1) is 20.6. The lowest BCUT2D eigenvalue weighted by Crippen LogP contribution is -2.44. The van der Waals surface area contributed by atoms with Crippen LogP contribution in [0.4, 0.5) is 26.3 Å². The van der Waals surface area contributed by atoms with E-state index in [4.69, 9.17) is 0 Å². The van der Waals surface area contributed by atoms with E-state index in [2.05, 4.69) is 0 Å². The van der Waals surface area contributed by atoms with Crippen molar-refractivity contribution in [1.82, 2.24) is 0 Å². The van der Waals surface area contributed by atoms with Gasteiger partial charge in [0.25, 0.3) is 0 Å². The average molecular weight is 412 g/mol. The monoisotopic (exact) mass is 412 g/mol. The van der Waals surface area contributed by atoms with Crippen molar-refractivity contribution >= 4 is 0 Å². The maximum atomic E-state index is 14.6. The van der Waals surface area contributed by atoms with E-state index in [1.807, 2.05) is 0 Å². The summed E-state index contributed by atoms with van der Waals surface area (Å²) in [5.41, 5.74) is -4.93. The molecule has 3 aromatic carbocycles. The van der Waals surface area contributed by atoms with E-state index in [9.17, 15) is 36.6 Å². The lowest BCUT2D eigenvalue weighted by atomic mass is 9.68. The van der Waals surface area contributed by atoms with Gasteiger partial charge in [-0.05, 0) is 53.1 Å². The predicted molar refractivity (Wildman–Crippen MR) is 93.6 cm³/mol. The maximum Gasteiger partial charge on any atom is 0.416 e. The number of hydrogen-bond donors (Lipinski definition) is 2. The SMILES string of the molecule is Oc1ccc(C(c2ccc(O)cc2)(c2ccc(C(F)(F)F)cc2)C(F)(F)F)cc1. The normalized spacial score (nSPS) is 12.8. The first-order valence-electron chi connectivity index (χ1n) is 8.30. The second-order valence-corrected chi connectivity index (χ2v) is 6.42. The largest absolute Gasteiger partial charge is 0.508 e. The van der Waals surface area contributed by atoms with E-state index in [0.29, 0.717) is 12.1 Å². The lowest BCUT2D eigenvalue weighted by molar-refractivity contribution is -0.166. The van der Waals surface area contributed by atoms with Crippen molar-refractivity contribution < 1.29 is 36.6 Å². The molecule has 0 aromatic heterocycles. The highest BCUT2D eigenvalue weighted by molar-refractivity contribution is 5.54. The number of rotatable bonds is 3. The zero-order valence-electron chi connectivity index (χ0n) is 14.6. The molecule has 3 rings (SSSR count). The highest BCUT2D eigenvalue weighted by atomic mass is 19.4. The molecule has 29 heavy (non-hydrogen) atoms. The second kappa shape index (κ2) is 7.02. The van der Waals surface area contributed by atoms with Gasteiger partial charge in [0.2, 0.25) is 0 Å². The van der Waals surface area contributed by atoms with Crippen molar-refractivity contribution in [2.45, 2.75) is 17.8 Å². The van der Waals surface area contributed by atoms with Crippen molar-refractivity contribution in [2.75, 3.05) is 0 Å². The molecule has 0 heterocycles. The van der Waals surface area contributed by atoms with Gasteiger partial charge in [-0.1, -0.05) is 36.4 Å². The fraction of sp³-hybridized carbons (Fsp3) is 0.143. The van der Waals surface area contributed by atoms with Gasteiger partial charge in [-0.3, -0.25) is 0 Å². The molecule has 152 valence electrons. The Balaban J connectivity index is 2.35. The molecule has 0 atom stereocenters. The number of halogens is 6. The van der Waals surface area contributed by atoms with Gasteiger partial charge in [0.15, 0.2) is 0 Å². The van der Waals surface area contributed by atoms with E-state index >= 15 is 0 Å². The number of phenolic OH excluding ortho intramolecular Hbond substituents is 2. The van der Waals surface area contributed by atoms with Crippen LogP contribution in [0.3, 0.4) is 0 Å². The molecule has 0 aliphatic rings. The van der Waals surface area contributed by atoms with Gasteiger partial charge in [-0.25, -0.2) is 0 Å². The van der Waals surface area contributed by atoms with Crippen molar-refractivity contribution in [2.24, 2.45) is 0 Å². The Bertz CT molecular complexity index is 927. The molecule has 0 aliphatic carbocycles. The lowest BCUT2D eigenvalue weighted by Gasteiger charge is -2.37. The van der Waals surface area contributed by atoms with Gasteiger partial charge in [0.05, 0.1) is 5.56 Å². The van der Waals surface area contributed by atoms with Crippen molar-refractivity contribution in [3.63, 3.8) is 0 Å². The third-order valence-corrected chi connectivity index (χ3v) is 4.67. The number of alkyl halides is 6. The van der Waals surface area contributed by atoms with Crippen LogP contribution in [0.25, 0.3) is 0 Å². The van der Waals surface area contributed by atoms with Gasteiger partial charge in [-0.15, -0.1) is 0 Å². The summed E-state index contributed by atoms with van der Waals surface area (Å²) in [6.45, 7) is 0. The first-order chi connectivity index (χ1) is 13.5. The molecule has 2 nitrogen and oxygen atoms in total. The molecule has 0 saturated heterocycles. The van der Waals surface area contributed by atoms with Crippen LogP contribution < -0.4 is 0 Å². The summed E-state index contributed by atoms with van der Waals surface area (Å²) in [5.74, 6) is -0.522. The number of benzene rings is 3. The average Bonchev–Trinajstić information content (AvgIpc) is 2.64. The number of hydrogen-bond acceptors (Lipinski definition) is 2. The molecule has 0 saturated carbocycles. The standard InChI is InChI=1S/C21H14F6O2/c22-20(23,24)16-3-1-13(2-4-16)19(21(25,26)27,14-5-9-17(28)10-6-14)15-7-11-18(29)12-8-15/h1-12,28-29H. The summed E-state index contributed by atoms with van der Waals surface area (Å²) in [4.78, 5) is 0. The van der Waals surface area contributed by atoms with Crippen LogP contribution in [0.5, 0.6) is 11.5 Å². The summed E-state index contributed by atoms with van der Waals surface area (Å²) in [6, 6.07) is 11.3. The van der Waals surface area contributed by atoms with E-state index in [1.165, 1.54) is 0 Å². The van der Waals surface area contributed by atoms with Crippen LogP contribution in [0, 0.1) is 0 Å².